The molecule has 6 nitrogen and oxygen atoms in total. The lowest BCUT2D eigenvalue weighted by Crippen LogP contribution is -2.49. The van der Waals surface area contributed by atoms with E-state index < -0.39 is 10.0 Å². The summed E-state index contributed by atoms with van der Waals surface area (Å²) >= 11 is 5.95. The molecule has 3 aromatic rings. The maximum Gasteiger partial charge on any atom is 0.243 e. The lowest BCUT2D eigenvalue weighted by atomic mass is 10.1. The summed E-state index contributed by atoms with van der Waals surface area (Å²) in [6.45, 7) is 3.54. The Hall–Kier alpha value is -2.66. The summed E-state index contributed by atoms with van der Waals surface area (Å²) in [5.74, 6) is 0.601. The van der Waals surface area contributed by atoms with Gasteiger partial charge in [-0.3, -0.25) is 0 Å². The average molecular weight is 427 g/mol. The number of anilines is 1. The number of hydrogen-bond donors (Lipinski definition) is 0. The van der Waals surface area contributed by atoms with Crippen LogP contribution in [0.5, 0.6) is 0 Å². The highest BCUT2D eigenvalue weighted by atomic mass is 35.5. The van der Waals surface area contributed by atoms with Crippen LogP contribution in [0.3, 0.4) is 0 Å². The molecule has 0 spiro atoms. The van der Waals surface area contributed by atoms with E-state index in [9.17, 15) is 13.7 Å². The molecular formula is C21H19ClN4O2S. The van der Waals surface area contributed by atoms with Gasteiger partial charge in [-0.1, -0.05) is 29.3 Å². The molecule has 0 unspecified atom stereocenters. The van der Waals surface area contributed by atoms with Crippen molar-refractivity contribution >= 4 is 38.3 Å². The van der Waals surface area contributed by atoms with Crippen LogP contribution in [-0.4, -0.2) is 43.9 Å². The molecule has 0 bridgehead atoms. The summed E-state index contributed by atoms with van der Waals surface area (Å²) in [5, 5.41) is 10.9. The average Bonchev–Trinajstić information content (AvgIpc) is 2.72. The second-order valence-corrected chi connectivity index (χ2v) is 9.39. The predicted octanol–water partition coefficient (Wildman–Crippen LogP) is 3.58. The topological polar surface area (TPSA) is 77.3 Å². The second kappa shape index (κ2) is 7.64. The number of nitrogens with zero attached hydrogens (tertiary/aromatic N) is 4. The summed E-state index contributed by atoms with van der Waals surface area (Å²) in [6, 6.07) is 16.3. The maximum atomic E-state index is 12.9. The van der Waals surface area contributed by atoms with Gasteiger partial charge in [0.25, 0.3) is 0 Å². The van der Waals surface area contributed by atoms with Gasteiger partial charge >= 0.3 is 0 Å². The number of benzene rings is 2. The Kier molecular flexibility index (Phi) is 5.17. The maximum absolute atomic E-state index is 12.9. The lowest BCUT2D eigenvalue weighted by molar-refractivity contribution is 0.384. The monoisotopic (exact) mass is 426 g/mol. The first-order valence-corrected chi connectivity index (χ1v) is 11.0. The van der Waals surface area contributed by atoms with Crippen molar-refractivity contribution in [1.29, 1.82) is 5.26 Å². The van der Waals surface area contributed by atoms with Gasteiger partial charge in [-0.25, -0.2) is 13.4 Å². The Morgan fingerprint density at radius 2 is 1.83 bits per heavy atom. The van der Waals surface area contributed by atoms with Gasteiger partial charge in [0, 0.05) is 36.6 Å². The van der Waals surface area contributed by atoms with Gasteiger partial charge in [0.2, 0.25) is 10.0 Å². The van der Waals surface area contributed by atoms with Crippen LogP contribution in [-0.2, 0) is 10.0 Å². The first-order chi connectivity index (χ1) is 13.9. The molecule has 0 amide bonds. The third-order valence-electron chi connectivity index (χ3n) is 5.04. The van der Waals surface area contributed by atoms with Crippen LogP contribution < -0.4 is 4.90 Å². The number of fused-ring (bicyclic) bond motifs is 1. The van der Waals surface area contributed by atoms with Gasteiger partial charge < -0.3 is 4.90 Å². The highest BCUT2D eigenvalue weighted by molar-refractivity contribution is 7.89. The Labute approximate surface area is 175 Å². The predicted molar refractivity (Wildman–Crippen MR) is 114 cm³/mol. The van der Waals surface area contributed by atoms with Gasteiger partial charge in [0.1, 0.15) is 11.9 Å². The molecule has 1 fully saturated rings. The number of pyridine rings is 1. The molecule has 1 aliphatic rings. The molecular weight excluding hydrogens is 408 g/mol. The molecule has 29 heavy (non-hydrogen) atoms. The summed E-state index contributed by atoms with van der Waals surface area (Å²) in [7, 11) is -3.61. The van der Waals surface area contributed by atoms with Crippen LogP contribution in [0.15, 0.2) is 53.4 Å². The molecule has 0 saturated carbocycles. The minimum Gasteiger partial charge on any atom is -0.353 e. The number of aromatic nitrogens is 1. The summed E-state index contributed by atoms with van der Waals surface area (Å²) < 4.78 is 27.2. The number of aryl methyl sites for hydroxylation is 1. The second-order valence-electron chi connectivity index (χ2n) is 7.02. The fourth-order valence-corrected chi connectivity index (χ4v) is 5.25. The molecule has 8 heteroatoms. The third-order valence-corrected chi connectivity index (χ3v) is 7.17. The zero-order valence-electron chi connectivity index (χ0n) is 15.8. The van der Waals surface area contributed by atoms with Crippen molar-refractivity contribution in [1.82, 2.24) is 9.29 Å². The fourth-order valence-electron chi connectivity index (χ4n) is 3.53. The highest BCUT2D eigenvalue weighted by Crippen LogP contribution is 2.26. The van der Waals surface area contributed by atoms with E-state index in [1.807, 2.05) is 36.1 Å². The minimum absolute atomic E-state index is 0.190. The Bertz CT molecular complexity index is 1230. The van der Waals surface area contributed by atoms with Crippen molar-refractivity contribution < 1.29 is 8.42 Å². The highest BCUT2D eigenvalue weighted by Gasteiger charge is 2.30. The number of halogens is 1. The lowest BCUT2D eigenvalue weighted by Gasteiger charge is -2.35. The van der Waals surface area contributed by atoms with Crippen molar-refractivity contribution in [2.45, 2.75) is 11.8 Å². The molecule has 148 valence electrons. The summed E-state index contributed by atoms with van der Waals surface area (Å²) in [4.78, 5) is 6.85. The summed E-state index contributed by atoms with van der Waals surface area (Å²) in [5.41, 5.74) is 2.42. The molecule has 2 aromatic carbocycles. The van der Waals surface area contributed by atoms with Crippen LogP contribution in [0.25, 0.3) is 10.9 Å². The Morgan fingerprint density at radius 3 is 2.52 bits per heavy atom. The molecule has 1 aromatic heterocycles. The van der Waals surface area contributed by atoms with Gasteiger partial charge in [-0.05, 0) is 43.3 Å². The van der Waals surface area contributed by atoms with E-state index in [0.29, 0.717) is 42.6 Å². The van der Waals surface area contributed by atoms with E-state index >= 15 is 0 Å². The van der Waals surface area contributed by atoms with Crippen LogP contribution >= 0.6 is 11.6 Å². The van der Waals surface area contributed by atoms with Crippen molar-refractivity contribution in [2.24, 2.45) is 0 Å². The number of hydrogen-bond acceptors (Lipinski definition) is 5. The standard InChI is InChI=1S/C21H19ClN4O2S/c1-15-5-6-20-16(11-15)12-17(14-23)21(24-20)25-7-9-26(10-8-25)29(27,28)19-4-2-3-18(22)13-19/h2-6,11-13H,7-10H2,1H3. The molecule has 1 aliphatic heterocycles. The van der Waals surface area contributed by atoms with Crippen LogP contribution in [0.4, 0.5) is 5.82 Å². The van der Waals surface area contributed by atoms with Crippen molar-refractivity contribution in [3.05, 3.63) is 64.7 Å². The quantitative estimate of drug-likeness (QED) is 0.639. The molecule has 2 heterocycles. The molecule has 0 N–H and O–H groups in total. The zero-order chi connectivity index (χ0) is 20.6. The van der Waals surface area contributed by atoms with E-state index in [1.165, 1.54) is 10.4 Å². The summed E-state index contributed by atoms with van der Waals surface area (Å²) in [6.07, 6.45) is 0. The third kappa shape index (κ3) is 3.79. The van der Waals surface area contributed by atoms with Crippen molar-refractivity contribution in [3.63, 3.8) is 0 Å². The van der Waals surface area contributed by atoms with E-state index in [1.54, 1.807) is 18.2 Å². The number of rotatable bonds is 3. The molecule has 0 atom stereocenters. The van der Waals surface area contributed by atoms with Gasteiger partial charge in [0.05, 0.1) is 16.0 Å². The van der Waals surface area contributed by atoms with E-state index in [-0.39, 0.29) is 4.90 Å². The normalized spacial score (nSPS) is 15.4. The van der Waals surface area contributed by atoms with E-state index in [2.05, 4.69) is 11.1 Å². The van der Waals surface area contributed by atoms with Crippen LogP contribution in [0, 0.1) is 18.3 Å². The van der Waals surface area contributed by atoms with Gasteiger partial charge in [-0.15, -0.1) is 0 Å². The van der Waals surface area contributed by atoms with E-state index in [4.69, 9.17) is 11.6 Å². The van der Waals surface area contributed by atoms with Crippen molar-refractivity contribution in [3.8, 4) is 6.07 Å². The first kappa shape index (κ1) is 19.6. The molecule has 1 saturated heterocycles. The van der Waals surface area contributed by atoms with E-state index in [0.717, 1.165) is 16.5 Å². The largest absolute Gasteiger partial charge is 0.353 e. The van der Waals surface area contributed by atoms with Gasteiger partial charge in [-0.2, -0.15) is 9.57 Å². The zero-order valence-corrected chi connectivity index (χ0v) is 17.4. The fraction of sp³-hybridized carbons (Fsp3) is 0.238. The van der Waals surface area contributed by atoms with Crippen LogP contribution in [0.2, 0.25) is 5.02 Å². The number of sulfonamides is 1. The first-order valence-electron chi connectivity index (χ1n) is 9.21. The van der Waals surface area contributed by atoms with Crippen molar-refractivity contribution in [2.75, 3.05) is 31.1 Å². The number of nitriles is 1. The SMILES string of the molecule is Cc1ccc2nc(N3CCN(S(=O)(=O)c4cccc(Cl)c4)CC3)c(C#N)cc2c1. The minimum atomic E-state index is -3.61. The van der Waals surface area contributed by atoms with Gasteiger partial charge in [0.15, 0.2) is 0 Å². The van der Waals surface area contributed by atoms with Crippen LogP contribution in [0.1, 0.15) is 11.1 Å². The number of piperazine rings is 1. The Morgan fingerprint density at radius 1 is 1.07 bits per heavy atom. The molecule has 0 aliphatic carbocycles. The molecule has 4 rings (SSSR count). The smallest absolute Gasteiger partial charge is 0.243 e. The molecule has 0 radical (unpaired) electrons. The Balaban J connectivity index is 1.58.